The van der Waals surface area contributed by atoms with Crippen LogP contribution in [-0.2, 0) is 4.79 Å². The summed E-state index contributed by atoms with van der Waals surface area (Å²) in [6.07, 6.45) is 1.70. The van der Waals surface area contributed by atoms with Gasteiger partial charge in [0.2, 0.25) is 5.91 Å². The molecule has 104 valence electrons. The number of nitrogens with one attached hydrogen (secondary N) is 1. The van der Waals surface area contributed by atoms with E-state index in [2.05, 4.69) is 11.9 Å². The van der Waals surface area contributed by atoms with Gasteiger partial charge in [0.05, 0.1) is 20.3 Å². The number of methoxy groups -OCH3 is 1. The van der Waals surface area contributed by atoms with Crippen molar-refractivity contribution in [2.24, 2.45) is 0 Å². The first kappa shape index (κ1) is 15.2. The van der Waals surface area contributed by atoms with Gasteiger partial charge in [-0.05, 0) is 24.3 Å². The lowest BCUT2D eigenvalue weighted by atomic mass is 10.3. The lowest BCUT2D eigenvalue weighted by molar-refractivity contribution is -0.117. The molecule has 5 nitrogen and oxygen atoms in total. The zero-order chi connectivity index (χ0) is 14.1. The summed E-state index contributed by atoms with van der Waals surface area (Å²) in [7, 11) is 1.59. The number of anilines is 1. The van der Waals surface area contributed by atoms with Crippen molar-refractivity contribution in [2.45, 2.75) is 0 Å². The Morgan fingerprint density at radius 2 is 2.16 bits per heavy atom. The molecule has 0 fully saturated rings. The quantitative estimate of drug-likeness (QED) is 0.691. The van der Waals surface area contributed by atoms with Crippen molar-refractivity contribution in [3.63, 3.8) is 0 Å². The Morgan fingerprint density at radius 1 is 1.47 bits per heavy atom. The normalized spacial score (nSPS) is 10.3. The van der Waals surface area contributed by atoms with E-state index >= 15 is 0 Å². The van der Waals surface area contributed by atoms with E-state index in [-0.39, 0.29) is 19.1 Å². The number of aliphatic hydroxyl groups excluding tert-OH is 1. The lowest BCUT2D eigenvalue weighted by Crippen LogP contribution is -2.35. The first-order valence-electron chi connectivity index (χ1n) is 6.07. The molecule has 0 aromatic heterocycles. The zero-order valence-electron chi connectivity index (χ0n) is 11.1. The summed E-state index contributed by atoms with van der Waals surface area (Å²) >= 11 is 0. The Balaban J connectivity index is 2.50. The Bertz CT molecular complexity index is 404. The van der Waals surface area contributed by atoms with Gasteiger partial charge in [-0.15, -0.1) is 6.58 Å². The number of amides is 1. The topological polar surface area (TPSA) is 61.8 Å². The van der Waals surface area contributed by atoms with Crippen LogP contribution in [0.2, 0.25) is 0 Å². The third kappa shape index (κ3) is 5.54. The van der Waals surface area contributed by atoms with Gasteiger partial charge >= 0.3 is 0 Å². The summed E-state index contributed by atoms with van der Waals surface area (Å²) in [6.45, 7) is 4.88. The van der Waals surface area contributed by atoms with Crippen molar-refractivity contribution in [2.75, 3.05) is 38.7 Å². The second kappa shape index (κ2) is 8.29. The predicted octanol–water partition coefficient (Wildman–Crippen LogP) is 1.11. The molecule has 0 heterocycles. The van der Waals surface area contributed by atoms with Gasteiger partial charge < -0.3 is 15.2 Å². The summed E-state index contributed by atoms with van der Waals surface area (Å²) in [6, 6.07) is 7.12. The van der Waals surface area contributed by atoms with Crippen LogP contribution in [0.25, 0.3) is 0 Å². The highest BCUT2D eigenvalue weighted by Crippen LogP contribution is 2.14. The van der Waals surface area contributed by atoms with E-state index in [1.54, 1.807) is 37.5 Å². The lowest BCUT2D eigenvalue weighted by Gasteiger charge is -2.18. The molecular formula is C14H20N2O3. The van der Waals surface area contributed by atoms with E-state index in [1.807, 2.05) is 4.90 Å². The minimum absolute atomic E-state index is 0.0175. The number of hydrogen-bond acceptors (Lipinski definition) is 4. The molecule has 0 aliphatic heterocycles. The summed E-state index contributed by atoms with van der Waals surface area (Å²) in [5.74, 6) is 0.618. The number of carbonyl (C=O) groups excluding carboxylic acids is 1. The fraction of sp³-hybridized carbons (Fsp3) is 0.357. The molecule has 19 heavy (non-hydrogen) atoms. The molecule has 5 heteroatoms. The van der Waals surface area contributed by atoms with Gasteiger partial charge in [0.15, 0.2) is 0 Å². The minimum Gasteiger partial charge on any atom is -0.497 e. The molecule has 1 rings (SSSR count). The fourth-order valence-electron chi connectivity index (χ4n) is 1.64. The molecule has 0 spiro atoms. The van der Waals surface area contributed by atoms with Crippen LogP contribution in [0.4, 0.5) is 5.69 Å². The zero-order valence-corrected chi connectivity index (χ0v) is 11.1. The largest absolute Gasteiger partial charge is 0.497 e. The molecule has 0 atom stereocenters. The smallest absolute Gasteiger partial charge is 0.238 e. The number of benzene rings is 1. The van der Waals surface area contributed by atoms with Crippen molar-refractivity contribution >= 4 is 11.6 Å². The average Bonchev–Trinajstić information content (AvgIpc) is 2.40. The maximum absolute atomic E-state index is 11.8. The van der Waals surface area contributed by atoms with Crippen molar-refractivity contribution < 1.29 is 14.6 Å². The number of hydrogen-bond donors (Lipinski definition) is 2. The molecule has 0 bridgehead atoms. The van der Waals surface area contributed by atoms with Gasteiger partial charge in [-0.1, -0.05) is 6.08 Å². The summed E-state index contributed by atoms with van der Waals surface area (Å²) in [5.41, 5.74) is 0.716. The minimum atomic E-state index is -0.125. The number of nitrogens with zero attached hydrogens (tertiary/aromatic N) is 1. The van der Waals surface area contributed by atoms with Gasteiger partial charge in [0, 0.05) is 18.8 Å². The Morgan fingerprint density at radius 3 is 2.68 bits per heavy atom. The van der Waals surface area contributed by atoms with Crippen molar-refractivity contribution in [3.05, 3.63) is 36.9 Å². The molecule has 1 aromatic rings. The number of aliphatic hydroxyl groups is 1. The highest BCUT2D eigenvalue weighted by molar-refractivity contribution is 5.92. The van der Waals surface area contributed by atoms with E-state index in [9.17, 15) is 4.79 Å². The van der Waals surface area contributed by atoms with Crippen LogP contribution in [0.15, 0.2) is 36.9 Å². The van der Waals surface area contributed by atoms with Crippen LogP contribution in [0.5, 0.6) is 5.75 Å². The van der Waals surface area contributed by atoms with E-state index in [4.69, 9.17) is 9.84 Å². The predicted molar refractivity (Wildman–Crippen MR) is 75.3 cm³/mol. The number of rotatable bonds is 8. The molecule has 1 aromatic carbocycles. The standard InChI is InChI=1S/C14H20N2O3/c1-3-8-16(9-10-17)11-14(18)15-12-4-6-13(19-2)7-5-12/h3-7,17H,1,8-11H2,2H3,(H,15,18). The number of carbonyl (C=O) groups is 1. The van der Waals surface area contributed by atoms with Crippen LogP contribution >= 0.6 is 0 Å². The van der Waals surface area contributed by atoms with Crippen LogP contribution in [-0.4, -0.2) is 49.3 Å². The van der Waals surface area contributed by atoms with Crippen molar-refractivity contribution in [1.29, 1.82) is 0 Å². The monoisotopic (exact) mass is 264 g/mol. The van der Waals surface area contributed by atoms with E-state index in [0.717, 1.165) is 5.75 Å². The Hall–Kier alpha value is -1.85. The molecule has 0 saturated carbocycles. The molecule has 0 unspecified atom stereocenters. The summed E-state index contributed by atoms with van der Waals surface area (Å²) in [5, 5.41) is 11.7. The van der Waals surface area contributed by atoms with Crippen molar-refractivity contribution in [1.82, 2.24) is 4.90 Å². The van der Waals surface area contributed by atoms with E-state index in [0.29, 0.717) is 18.8 Å². The third-order valence-corrected chi connectivity index (χ3v) is 2.54. The van der Waals surface area contributed by atoms with Crippen molar-refractivity contribution in [3.8, 4) is 5.75 Å². The molecule has 2 N–H and O–H groups in total. The fourth-order valence-corrected chi connectivity index (χ4v) is 1.64. The first-order valence-corrected chi connectivity index (χ1v) is 6.07. The van der Waals surface area contributed by atoms with Crippen LogP contribution < -0.4 is 10.1 Å². The van der Waals surface area contributed by atoms with E-state index < -0.39 is 0 Å². The summed E-state index contributed by atoms with van der Waals surface area (Å²) in [4.78, 5) is 13.6. The second-order valence-electron chi connectivity index (χ2n) is 4.02. The third-order valence-electron chi connectivity index (χ3n) is 2.54. The van der Waals surface area contributed by atoms with Gasteiger partial charge in [0.1, 0.15) is 5.75 Å². The van der Waals surface area contributed by atoms with Gasteiger partial charge in [-0.25, -0.2) is 0 Å². The second-order valence-corrected chi connectivity index (χ2v) is 4.02. The Kier molecular flexibility index (Phi) is 6.63. The van der Waals surface area contributed by atoms with E-state index in [1.165, 1.54) is 0 Å². The molecule has 0 saturated heterocycles. The van der Waals surface area contributed by atoms with Crippen LogP contribution in [0.1, 0.15) is 0 Å². The van der Waals surface area contributed by atoms with Crippen LogP contribution in [0, 0.1) is 0 Å². The first-order chi connectivity index (χ1) is 9.19. The van der Waals surface area contributed by atoms with Gasteiger partial charge in [0.25, 0.3) is 0 Å². The molecule has 0 radical (unpaired) electrons. The highest BCUT2D eigenvalue weighted by atomic mass is 16.5. The van der Waals surface area contributed by atoms with Gasteiger partial charge in [-0.2, -0.15) is 0 Å². The van der Waals surface area contributed by atoms with Gasteiger partial charge in [-0.3, -0.25) is 9.69 Å². The molecular weight excluding hydrogens is 244 g/mol. The summed E-state index contributed by atoms with van der Waals surface area (Å²) < 4.78 is 5.04. The molecule has 0 aliphatic carbocycles. The highest BCUT2D eigenvalue weighted by Gasteiger charge is 2.09. The molecule has 0 aliphatic rings. The maximum atomic E-state index is 11.8. The average molecular weight is 264 g/mol. The Labute approximate surface area is 113 Å². The number of ether oxygens (including phenoxy) is 1. The SMILES string of the molecule is C=CCN(CCO)CC(=O)Nc1ccc(OC)cc1. The molecule has 1 amide bonds. The van der Waals surface area contributed by atoms with Crippen LogP contribution in [0.3, 0.4) is 0 Å². The maximum Gasteiger partial charge on any atom is 0.238 e.